The number of sulfonamides is 1. The minimum Gasteiger partial charge on any atom is -0.495 e. The van der Waals surface area contributed by atoms with Crippen molar-refractivity contribution in [2.75, 3.05) is 24.2 Å². The number of hydrazone groups is 1. The minimum absolute atomic E-state index is 0.216. The molecule has 1 amide bonds. The third kappa shape index (κ3) is 6.49. The number of hydrogen-bond donors (Lipinski definition) is 1. The summed E-state index contributed by atoms with van der Waals surface area (Å²) in [5.41, 5.74) is 5.90. The lowest BCUT2D eigenvalue weighted by Gasteiger charge is -2.21. The van der Waals surface area contributed by atoms with E-state index in [0.717, 1.165) is 33.2 Å². The van der Waals surface area contributed by atoms with E-state index in [2.05, 4.69) is 10.5 Å². The number of nitrogens with zero attached hydrogens (tertiary/aromatic N) is 3. The summed E-state index contributed by atoms with van der Waals surface area (Å²) < 4.78 is 32.6. The van der Waals surface area contributed by atoms with Crippen LogP contribution < -0.4 is 14.5 Å². The van der Waals surface area contributed by atoms with E-state index < -0.39 is 22.5 Å². The molecule has 3 aromatic rings. The summed E-state index contributed by atoms with van der Waals surface area (Å²) in [5.74, 6) is -0.246. The van der Waals surface area contributed by atoms with Crippen LogP contribution in [0.3, 0.4) is 0 Å². The fourth-order valence-corrected chi connectivity index (χ4v) is 5.15. The molecule has 1 aromatic heterocycles. The van der Waals surface area contributed by atoms with Gasteiger partial charge < -0.3 is 9.30 Å². The van der Waals surface area contributed by atoms with Gasteiger partial charge in [-0.15, -0.1) is 0 Å². The van der Waals surface area contributed by atoms with E-state index >= 15 is 0 Å². The average Bonchev–Trinajstić information content (AvgIpc) is 3.03. The zero-order valence-electron chi connectivity index (χ0n) is 19.3. The number of hydrogen-bond acceptors (Lipinski definition) is 5. The predicted molar refractivity (Wildman–Crippen MR) is 141 cm³/mol. The fraction of sp³-hybridized carbons (Fsp3) is 0.217. The number of ether oxygens (including phenoxy) is 1. The van der Waals surface area contributed by atoms with Crippen molar-refractivity contribution in [2.45, 2.75) is 13.8 Å². The molecule has 0 radical (unpaired) electrons. The van der Waals surface area contributed by atoms with Crippen LogP contribution in [-0.4, -0.2) is 45.0 Å². The largest absolute Gasteiger partial charge is 0.495 e. The smallest absolute Gasteiger partial charge is 0.260 e. The minimum atomic E-state index is -3.78. The van der Waals surface area contributed by atoms with Crippen molar-refractivity contribution < 1.29 is 17.9 Å². The average molecular weight is 558 g/mol. The van der Waals surface area contributed by atoms with E-state index in [1.807, 2.05) is 24.5 Å². The lowest BCUT2D eigenvalue weighted by molar-refractivity contribution is -0.119. The molecular formula is C23H23Cl3N4O4S. The Kier molecular flexibility index (Phi) is 8.38. The Hall–Kier alpha value is -2.72. The molecule has 1 N–H and O–H groups in total. The molecule has 0 unspecified atom stereocenters. The van der Waals surface area contributed by atoms with Gasteiger partial charge in [0.1, 0.15) is 12.3 Å². The highest BCUT2D eigenvalue weighted by atomic mass is 35.5. The van der Waals surface area contributed by atoms with Gasteiger partial charge in [0.2, 0.25) is 10.0 Å². The first-order valence-corrected chi connectivity index (χ1v) is 13.2. The van der Waals surface area contributed by atoms with E-state index in [9.17, 15) is 13.2 Å². The molecule has 0 aliphatic carbocycles. The molecule has 0 aliphatic rings. The third-order valence-corrected chi connectivity index (χ3v) is 6.95. The van der Waals surface area contributed by atoms with Crippen LogP contribution in [0.15, 0.2) is 47.6 Å². The highest BCUT2D eigenvalue weighted by Gasteiger charge is 2.22. The maximum Gasteiger partial charge on any atom is 0.260 e. The van der Waals surface area contributed by atoms with Crippen LogP contribution >= 0.6 is 34.8 Å². The molecule has 8 nitrogen and oxygen atoms in total. The van der Waals surface area contributed by atoms with Gasteiger partial charge in [0, 0.05) is 32.7 Å². The molecule has 0 bridgehead atoms. The Morgan fingerprint density at radius 3 is 2.34 bits per heavy atom. The monoisotopic (exact) mass is 556 g/mol. The van der Waals surface area contributed by atoms with Gasteiger partial charge in [-0.25, -0.2) is 13.8 Å². The van der Waals surface area contributed by atoms with E-state index in [1.165, 1.54) is 31.5 Å². The summed E-state index contributed by atoms with van der Waals surface area (Å²) in [6.07, 6.45) is 2.48. The van der Waals surface area contributed by atoms with Crippen LogP contribution in [0.5, 0.6) is 5.75 Å². The molecule has 0 spiro atoms. The van der Waals surface area contributed by atoms with Crippen molar-refractivity contribution in [3.63, 3.8) is 0 Å². The predicted octanol–water partition coefficient (Wildman–Crippen LogP) is 4.98. The van der Waals surface area contributed by atoms with Gasteiger partial charge in [0.05, 0.1) is 30.3 Å². The summed E-state index contributed by atoms with van der Waals surface area (Å²) in [6.45, 7) is 3.32. The molecule has 12 heteroatoms. The highest BCUT2D eigenvalue weighted by Crippen LogP contribution is 2.30. The van der Waals surface area contributed by atoms with E-state index in [-0.39, 0.29) is 10.7 Å². The second-order valence-electron chi connectivity index (χ2n) is 7.67. The second kappa shape index (κ2) is 10.9. The number of amides is 1. The summed E-state index contributed by atoms with van der Waals surface area (Å²) >= 11 is 18.4. The maximum absolute atomic E-state index is 12.5. The summed E-state index contributed by atoms with van der Waals surface area (Å²) in [7, 11) is -2.33. The summed E-state index contributed by atoms with van der Waals surface area (Å²) in [5, 5.41) is 5.24. The van der Waals surface area contributed by atoms with Gasteiger partial charge in [-0.3, -0.25) is 9.10 Å². The molecule has 1 heterocycles. The van der Waals surface area contributed by atoms with Crippen LogP contribution in [0.25, 0.3) is 5.69 Å². The van der Waals surface area contributed by atoms with Gasteiger partial charge in [0.25, 0.3) is 5.91 Å². The lowest BCUT2D eigenvalue weighted by atomic mass is 10.2. The first-order chi connectivity index (χ1) is 16.4. The molecule has 35 heavy (non-hydrogen) atoms. The molecule has 186 valence electrons. The van der Waals surface area contributed by atoms with Crippen molar-refractivity contribution in [3.05, 3.63) is 74.5 Å². The molecule has 2 aromatic carbocycles. The van der Waals surface area contributed by atoms with Gasteiger partial charge in [-0.05, 0) is 56.3 Å². The van der Waals surface area contributed by atoms with Crippen LogP contribution in [0.4, 0.5) is 5.69 Å². The number of aryl methyl sites for hydroxylation is 1. The molecule has 0 aliphatic heterocycles. The molecule has 3 rings (SSSR count). The quantitative estimate of drug-likeness (QED) is 0.312. The van der Waals surface area contributed by atoms with Crippen molar-refractivity contribution in [1.29, 1.82) is 0 Å². The third-order valence-electron chi connectivity index (χ3n) is 5.08. The number of anilines is 1. The van der Waals surface area contributed by atoms with E-state index in [0.29, 0.717) is 15.8 Å². The van der Waals surface area contributed by atoms with Gasteiger partial charge in [0.15, 0.2) is 0 Å². The number of rotatable bonds is 8. The summed E-state index contributed by atoms with van der Waals surface area (Å²) in [6, 6.07) is 11.6. The zero-order chi connectivity index (χ0) is 25.9. The zero-order valence-corrected chi connectivity index (χ0v) is 22.4. The number of carbonyl (C=O) groups is 1. The van der Waals surface area contributed by atoms with Crippen molar-refractivity contribution in [1.82, 2.24) is 9.99 Å². The standard InChI is InChI=1S/C23H23Cl3N4O4S/c1-14-7-16(15(2)30(14)20-9-17(24)8-18(25)10-20)12-27-28-23(31)13-29(35(4,32)33)19-5-6-22(34-3)21(26)11-19/h5-12H,13H2,1-4H3,(H,28,31)/b27-12-. The molecule has 0 saturated heterocycles. The normalized spacial score (nSPS) is 11.6. The molecule has 0 saturated carbocycles. The summed E-state index contributed by atoms with van der Waals surface area (Å²) in [4.78, 5) is 12.5. The highest BCUT2D eigenvalue weighted by molar-refractivity contribution is 7.92. The Labute approximate surface area is 219 Å². The van der Waals surface area contributed by atoms with Gasteiger partial charge >= 0.3 is 0 Å². The Balaban J connectivity index is 1.77. The Morgan fingerprint density at radius 1 is 1.11 bits per heavy atom. The fourth-order valence-electron chi connectivity index (χ4n) is 3.53. The molecule has 0 fully saturated rings. The first-order valence-electron chi connectivity index (χ1n) is 10.2. The number of halogens is 3. The topological polar surface area (TPSA) is 93.0 Å². The van der Waals surface area contributed by atoms with Crippen LogP contribution in [0, 0.1) is 13.8 Å². The SMILES string of the molecule is COc1ccc(N(CC(=O)N/N=C\c2cc(C)n(-c3cc(Cl)cc(Cl)c3)c2C)S(C)(=O)=O)cc1Cl. The van der Waals surface area contributed by atoms with Crippen molar-refractivity contribution >= 4 is 62.6 Å². The lowest BCUT2D eigenvalue weighted by Crippen LogP contribution is -2.39. The number of nitrogens with one attached hydrogen (secondary N) is 1. The van der Waals surface area contributed by atoms with Crippen LogP contribution in [0.1, 0.15) is 17.0 Å². The van der Waals surface area contributed by atoms with Crippen molar-refractivity contribution in [3.8, 4) is 11.4 Å². The number of carbonyl (C=O) groups excluding carboxylic acids is 1. The van der Waals surface area contributed by atoms with E-state index in [4.69, 9.17) is 39.5 Å². The van der Waals surface area contributed by atoms with Crippen LogP contribution in [-0.2, 0) is 14.8 Å². The van der Waals surface area contributed by atoms with E-state index in [1.54, 1.807) is 18.2 Å². The number of aromatic nitrogens is 1. The van der Waals surface area contributed by atoms with Gasteiger partial charge in [-0.1, -0.05) is 34.8 Å². The second-order valence-corrected chi connectivity index (χ2v) is 10.9. The Bertz CT molecular complexity index is 1380. The number of benzene rings is 2. The van der Waals surface area contributed by atoms with Gasteiger partial charge in [-0.2, -0.15) is 5.10 Å². The first kappa shape index (κ1) is 26.9. The molecule has 0 atom stereocenters. The Morgan fingerprint density at radius 2 is 1.77 bits per heavy atom. The van der Waals surface area contributed by atoms with Crippen LogP contribution in [0.2, 0.25) is 15.1 Å². The molecular weight excluding hydrogens is 535 g/mol. The maximum atomic E-state index is 12.5. The van der Waals surface area contributed by atoms with Crippen molar-refractivity contribution in [2.24, 2.45) is 5.10 Å². The number of methoxy groups -OCH3 is 1.